The van der Waals surface area contributed by atoms with Crippen LogP contribution < -0.4 is 15.4 Å². The zero-order valence-electron chi connectivity index (χ0n) is 15.6. The Hall–Kier alpha value is -2.49. The van der Waals surface area contributed by atoms with E-state index >= 15 is 0 Å². The van der Waals surface area contributed by atoms with E-state index in [4.69, 9.17) is 4.74 Å². The molecule has 4 nitrogen and oxygen atoms in total. The molecule has 136 valence electrons. The number of carbonyl (C=O) groups excluding carboxylic acids is 1. The summed E-state index contributed by atoms with van der Waals surface area (Å²) in [4.78, 5) is 13.2. The fourth-order valence-corrected chi connectivity index (χ4v) is 4.46. The van der Waals surface area contributed by atoms with Crippen LogP contribution in [0, 0.1) is 11.3 Å². The molecule has 2 aromatic carbocycles. The van der Waals surface area contributed by atoms with E-state index in [-0.39, 0.29) is 23.4 Å². The van der Waals surface area contributed by atoms with Crippen molar-refractivity contribution >= 4 is 17.2 Å². The van der Waals surface area contributed by atoms with Gasteiger partial charge in [-0.2, -0.15) is 0 Å². The number of benzene rings is 2. The average Bonchev–Trinajstić information content (AvgIpc) is 2.77. The van der Waals surface area contributed by atoms with Gasteiger partial charge in [-0.05, 0) is 41.7 Å². The van der Waals surface area contributed by atoms with Crippen molar-refractivity contribution in [3.63, 3.8) is 0 Å². The Morgan fingerprint density at radius 1 is 1.00 bits per heavy atom. The highest BCUT2D eigenvalue weighted by Crippen LogP contribution is 2.46. The minimum absolute atomic E-state index is 0.0228. The summed E-state index contributed by atoms with van der Waals surface area (Å²) >= 11 is 0. The fraction of sp³-hybridized carbons (Fsp3) is 0.409. The number of hydrogen-bond donors (Lipinski definition) is 2. The van der Waals surface area contributed by atoms with Crippen LogP contribution in [0.2, 0.25) is 0 Å². The molecule has 26 heavy (non-hydrogen) atoms. The maximum absolute atomic E-state index is 13.2. The number of rotatable bonds is 2. The first-order chi connectivity index (χ1) is 12.5. The summed E-state index contributed by atoms with van der Waals surface area (Å²) < 4.78 is 5.29. The topological polar surface area (TPSA) is 50.4 Å². The van der Waals surface area contributed by atoms with Gasteiger partial charge in [0.2, 0.25) is 0 Å². The lowest BCUT2D eigenvalue weighted by atomic mass is 9.66. The Bertz CT molecular complexity index is 813. The summed E-state index contributed by atoms with van der Waals surface area (Å²) in [6.45, 7) is 4.38. The van der Waals surface area contributed by atoms with E-state index in [9.17, 15) is 4.79 Å². The van der Waals surface area contributed by atoms with Gasteiger partial charge in [-0.15, -0.1) is 0 Å². The second-order valence-electron chi connectivity index (χ2n) is 8.23. The number of methoxy groups -OCH3 is 1. The summed E-state index contributed by atoms with van der Waals surface area (Å²) in [7, 11) is 1.67. The van der Waals surface area contributed by atoms with E-state index in [0.717, 1.165) is 29.1 Å². The Kier molecular flexibility index (Phi) is 4.14. The Morgan fingerprint density at radius 2 is 1.65 bits per heavy atom. The van der Waals surface area contributed by atoms with Crippen LogP contribution in [0.15, 0.2) is 48.5 Å². The molecule has 0 radical (unpaired) electrons. The van der Waals surface area contributed by atoms with Gasteiger partial charge in [0.1, 0.15) is 11.5 Å². The molecule has 1 fully saturated rings. The predicted molar refractivity (Wildman–Crippen MR) is 105 cm³/mol. The zero-order chi connectivity index (χ0) is 18.3. The monoisotopic (exact) mass is 350 g/mol. The van der Waals surface area contributed by atoms with E-state index in [1.165, 1.54) is 0 Å². The molecule has 2 N–H and O–H groups in total. The largest absolute Gasteiger partial charge is 0.497 e. The second kappa shape index (κ2) is 6.35. The first kappa shape index (κ1) is 17.0. The van der Waals surface area contributed by atoms with Crippen molar-refractivity contribution in [2.45, 2.75) is 38.8 Å². The van der Waals surface area contributed by atoms with Gasteiger partial charge in [-0.25, -0.2) is 0 Å². The molecule has 0 spiro atoms. The van der Waals surface area contributed by atoms with Crippen LogP contribution in [0.1, 0.15) is 38.3 Å². The molecule has 0 bridgehead atoms. The molecule has 4 rings (SSSR count). The van der Waals surface area contributed by atoms with Crippen LogP contribution in [0.3, 0.4) is 0 Å². The van der Waals surface area contributed by atoms with Crippen LogP contribution in [-0.2, 0) is 4.79 Å². The summed E-state index contributed by atoms with van der Waals surface area (Å²) in [5.41, 5.74) is 3.26. The van der Waals surface area contributed by atoms with Crippen molar-refractivity contribution in [1.29, 1.82) is 0 Å². The standard InChI is InChI=1S/C22H26N2O2/c1-22(2)12-18-20(19(25)13-22)21(14-8-10-15(26-3)11-9-14)24-17-7-5-4-6-16(17)23-18/h4-11,18,20-21,23-24H,12-13H2,1-3H3/t18-,20+,21+/m1/s1. The SMILES string of the molecule is COc1ccc([C@@H]2Nc3ccccc3N[C@@H]3CC(C)(C)CC(=O)[C@H]32)cc1. The Balaban J connectivity index is 1.78. The third-order valence-corrected chi connectivity index (χ3v) is 5.64. The summed E-state index contributed by atoms with van der Waals surface area (Å²) in [6, 6.07) is 16.4. The van der Waals surface area contributed by atoms with Gasteiger partial charge in [0, 0.05) is 12.5 Å². The Morgan fingerprint density at radius 3 is 2.31 bits per heavy atom. The van der Waals surface area contributed by atoms with Crippen molar-refractivity contribution in [3.05, 3.63) is 54.1 Å². The summed E-state index contributed by atoms with van der Waals surface area (Å²) in [6.07, 6.45) is 1.60. The smallest absolute Gasteiger partial charge is 0.140 e. The maximum atomic E-state index is 13.2. The quantitative estimate of drug-likeness (QED) is 0.828. The molecule has 2 aliphatic rings. The zero-order valence-corrected chi connectivity index (χ0v) is 15.6. The van der Waals surface area contributed by atoms with Crippen LogP contribution in [-0.4, -0.2) is 18.9 Å². The lowest BCUT2D eigenvalue weighted by Crippen LogP contribution is -2.47. The van der Waals surface area contributed by atoms with E-state index in [1.807, 2.05) is 24.3 Å². The minimum atomic E-state index is -0.0937. The third kappa shape index (κ3) is 3.05. The van der Waals surface area contributed by atoms with E-state index < -0.39 is 0 Å². The minimum Gasteiger partial charge on any atom is -0.497 e. The predicted octanol–water partition coefficient (Wildman–Crippen LogP) is 4.65. The second-order valence-corrected chi connectivity index (χ2v) is 8.23. The first-order valence-electron chi connectivity index (χ1n) is 9.26. The molecule has 2 aromatic rings. The van der Waals surface area contributed by atoms with Gasteiger partial charge in [0.15, 0.2) is 0 Å². The van der Waals surface area contributed by atoms with Gasteiger partial charge in [-0.3, -0.25) is 4.79 Å². The average molecular weight is 350 g/mol. The molecule has 1 aliphatic heterocycles. The number of para-hydroxylation sites is 2. The van der Waals surface area contributed by atoms with Gasteiger partial charge in [-0.1, -0.05) is 38.1 Å². The molecule has 1 aliphatic carbocycles. The number of nitrogens with one attached hydrogen (secondary N) is 2. The van der Waals surface area contributed by atoms with Crippen LogP contribution >= 0.6 is 0 Å². The van der Waals surface area contributed by atoms with E-state index in [2.05, 4.69) is 48.7 Å². The van der Waals surface area contributed by atoms with Crippen LogP contribution in [0.5, 0.6) is 5.75 Å². The fourth-order valence-electron chi connectivity index (χ4n) is 4.46. The highest BCUT2D eigenvalue weighted by atomic mass is 16.5. The molecule has 3 atom stereocenters. The molecular formula is C22H26N2O2. The lowest BCUT2D eigenvalue weighted by molar-refractivity contribution is -0.128. The highest BCUT2D eigenvalue weighted by molar-refractivity contribution is 5.87. The molecule has 1 heterocycles. The van der Waals surface area contributed by atoms with E-state index in [1.54, 1.807) is 7.11 Å². The van der Waals surface area contributed by atoms with Crippen LogP contribution in [0.4, 0.5) is 11.4 Å². The highest BCUT2D eigenvalue weighted by Gasteiger charge is 2.46. The normalized spacial score (nSPS) is 26.6. The molecule has 0 unspecified atom stereocenters. The van der Waals surface area contributed by atoms with Gasteiger partial charge >= 0.3 is 0 Å². The van der Waals surface area contributed by atoms with Gasteiger partial charge < -0.3 is 15.4 Å². The van der Waals surface area contributed by atoms with E-state index in [0.29, 0.717) is 12.2 Å². The van der Waals surface area contributed by atoms with Crippen molar-refractivity contribution in [3.8, 4) is 5.75 Å². The molecule has 0 aromatic heterocycles. The van der Waals surface area contributed by atoms with Crippen molar-refractivity contribution in [2.24, 2.45) is 11.3 Å². The number of anilines is 2. The van der Waals surface area contributed by atoms with Gasteiger partial charge in [0.25, 0.3) is 0 Å². The van der Waals surface area contributed by atoms with Crippen LogP contribution in [0.25, 0.3) is 0 Å². The number of ether oxygens (including phenoxy) is 1. The number of ketones is 1. The maximum Gasteiger partial charge on any atom is 0.140 e. The van der Waals surface area contributed by atoms with Crippen molar-refractivity contribution < 1.29 is 9.53 Å². The third-order valence-electron chi connectivity index (χ3n) is 5.64. The molecule has 4 heteroatoms. The van der Waals surface area contributed by atoms with Crippen molar-refractivity contribution in [2.75, 3.05) is 17.7 Å². The Labute approximate surface area is 155 Å². The van der Waals surface area contributed by atoms with Gasteiger partial charge in [0.05, 0.1) is 30.4 Å². The number of hydrogen-bond acceptors (Lipinski definition) is 4. The first-order valence-corrected chi connectivity index (χ1v) is 9.26. The molecule has 1 saturated carbocycles. The van der Waals surface area contributed by atoms with Crippen molar-refractivity contribution in [1.82, 2.24) is 0 Å². The molecular weight excluding hydrogens is 324 g/mol. The number of fused-ring (bicyclic) bond motifs is 2. The molecule has 0 amide bonds. The summed E-state index contributed by atoms with van der Waals surface area (Å²) in [5.74, 6) is 1.07. The number of Topliss-reactive ketones (excluding diaryl/α,β-unsaturated/α-hetero) is 1. The summed E-state index contributed by atoms with van der Waals surface area (Å²) in [5, 5.41) is 7.31. The lowest BCUT2D eigenvalue weighted by Gasteiger charge is -2.42. The molecule has 0 saturated heterocycles. The number of carbonyl (C=O) groups is 1.